The molecule has 2 heterocycles. The summed E-state index contributed by atoms with van der Waals surface area (Å²) in [6.07, 6.45) is 4.39. The van der Waals surface area contributed by atoms with Crippen LogP contribution in [0, 0.1) is 0 Å². The molecule has 0 spiro atoms. The Morgan fingerprint density at radius 1 is 1.50 bits per heavy atom. The Kier molecular flexibility index (Phi) is 6.67. The van der Waals surface area contributed by atoms with Crippen molar-refractivity contribution in [1.29, 1.82) is 0 Å². The van der Waals surface area contributed by atoms with Crippen LogP contribution < -0.4 is 14.8 Å². The van der Waals surface area contributed by atoms with E-state index in [9.17, 15) is 8.42 Å². The predicted molar refractivity (Wildman–Crippen MR) is 78.9 cm³/mol. The molecule has 8 heteroatoms. The molecule has 20 heavy (non-hydrogen) atoms. The number of rotatable bonds is 6. The Labute approximate surface area is 125 Å². The monoisotopic (exact) mass is 321 g/mol. The third-order valence-corrected chi connectivity index (χ3v) is 4.62. The average Bonchev–Trinajstić information content (AvgIpc) is 2.92. The number of sulfonamides is 1. The highest BCUT2D eigenvalue weighted by Crippen LogP contribution is 2.12. The van der Waals surface area contributed by atoms with E-state index in [-0.39, 0.29) is 17.3 Å². The lowest BCUT2D eigenvalue weighted by molar-refractivity contribution is 0.397. The highest BCUT2D eigenvalue weighted by Gasteiger charge is 2.17. The molecule has 0 aliphatic carbocycles. The molecule has 2 N–H and O–H groups in total. The fraction of sp³-hybridized carbons (Fsp3) is 0.583. The third kappa shape index (κ3) is 4.59. The van der Waals surface area contributed by atoms with Crippen molar-refractivity contribution in [3.8, 4) is 5.88 Å². The fourth-order valence-electron chi connectivity index (χ4n) is 2.10. The van der Waals surface area contributed by atoms with Crippen LogP contribution in [0.5, 0.6) is 5.88 Å². The number of methoxy groups -OCH3 is 1. The van der Waals surface area contributed by atoms with Crippen molar-refractivity contribution >= 4 is 22.4 Å². The molecule has 0 aromatic carbocycles. The van der Waals surface area contributed by atoms with Gasteiger partial charge in [-0.25, -0.2) is 18.1 Å². The van der Waals surface area contributed by atoms with Gasteiger partial charge in [-0.2, -0.15) is 0 Å². The van der Waals surface area contributed by atoms with Gasteiger partial charge in [0.2, 0.25) is 15.9 Å². The van der Waals surface area contributed by atoms with E-state index < -0.39 is 10.0 Å². The smallest absolute Gasteiger partial charge is 0.242 e. The van der Waals surface area contributed by atoms with Gasteiger partial charge in [0.25, 0.3) is 0 Å². The van der Waals surface area contributed by atoms with Crippen LogP contribution in [0.2, 0.25) is 0 Å². The molecule has 1 atom stereocenters. The van der Waals surface area contributed by atoms with Crippen LogP contribution in [0.3, 0.4) is 0 Å². The quantitative estimate of drug-likeness (QED) is 0.815. The zero-order valence-electron chi connectivity index (χ0n) is 11.3. The Balaban J connectivity index is 0.00000200. The van der Waals surface area contributed by atoms with Crippen molar-refractivity contribution in [2.45, 2.75) is 30.2 Å². The number of hydrogen-bond acceptors (Lipinski definition) is 5. The van der Waals surface area contributed by atoms with Gasteiger partial charge >= 0.3 is 0 Å². The topological polar surface area (TPSA) is 80.3 Å². The zero-order valence-corrected chi connectivity index (χ0v) is 13.0. The van der Waals surface area contributed by atoms with Gasteiger partial charge in [-0.1, -0.05) is 0 Å². The molecule has 0 bridgehead atoms. The summed E-state index contributed by atoms with van der Waals surface area (Å²) in [7, 11) is -1.98. The van der Waals surface area contributed by atoms with Crippen LogP contribution in [0.15, 0.2) is 23.2 Å². The Hall–Kier alpha value is -0.890. The number of hydrogen-bond donors (Lipinski definition) is 2. The molecule has 0 amide bonds. The lowest BCUT2D eigenvalue weighted by Gasteiger charge is -2.11. The normalized spacial score (nSPS) is 18.6. The molecule has 0 saturated carbocycles. The second kappa shape index (κ2) is 7.78. The van der Waals surface area contributed by atoms with E-state index in [1.807, 2.05) is 0 Å². The summed E-state index contributed by atoms with van der Waals surface area (Å²) < 4.78 is 31.5. The predicted octanol–water partition coefficient (Wildman–Crippen LogP) is 0.932. The lowest BCUT2D eigenvalue weighted by atomic mass is 10.2. The molecular formula is C12H20ClN3O3S. The highest BCUT2D eigenvalue weighted by molar-refractivity contribution is 7.89. The first-order valence-electron chi connectivity index (χ1n) is 6.35. The van der Waals surface area contributed by atoms with E-state index >= 15 is 0 Å². The standard InChI is InChI=1S/C12H19N3O3S.ClH/c1-18-12-5-4-11(9-14-12)19(16,17)15-8-6-10-3-2-7-13-10;/h4-5,9-10,13,15H,2-3,6-8H2,1H3;1H/t10-;/m1./s1. The second-order valence-electron chi connectivity index (χ2n) is 4.52. The Morgan fingerprint density at radius 2 is 2.30 bits per heavy atom. The zero-order chi connectivity index (χ0) is 13.7. The summed E-state index contributed by atoms with van der Waals surface area (Å²) >= 11 is 0. The van der Waals surface area contributed by atoms with Gasteiger partial charge in [-0.15, -0.1) is 12.4 Å². The SMILES string of the molecule is COc1ccc(S(=O)(=O)NCC[C@H]2CCCN2)cn1.Cl. The van der Waals surface area contributed by atoms with Crippen molar-refractivity contribution in [3.63, 3.8) is 0 Å². The summed E-state index contributed by atoms with van der Waals surface area (Å²) in [5, 5.41) is 3.33. The molecule has 1 aliphatic rings. The largest absolute Gasteiger partial charge is 0.481 e. The highest BCUT2D eigenvalue weighted by atomic mass is 35.5. The summed E-state index contributed by atoms with van der Waals surface area (Å²) in [5.41, 5.74) is 0. The van der Waals surface area contributed by atoms with Crippen LogP contribution in [0.4, 0.5) is 0 Å². The van der Waals surface area contributed by atoms with Crippen LogP contribution in [0.1, 0.15) is 19.3 Å². The number of ether oxygens (including phenoxy) is 1. The van der Waals surface area contributed by atoms with Crippen LogP contribution in [-0.2, 0) is 10.0 Å². The number of nitrogens with zero attached hydrogens (tertiary/aromatic N) is 1. The molecule has 1 aliphatic heterocycles. The van der Waals surface area contributed by atoms with E-state index in [0.29, 0.717) is 18.5 Å². The first-order valence-corrected chi connectivity index (χ1v) is 7.83. The first kappa shape index (κ1) is 17.2. The van der Waals surface area contributed by atoms with E-state index in [4.69, 9.17) is 4.74 Å². The maximum atomic E-state index is 12.0. The van der Waals surface area contributed by atoms with Crippen molar-refractivity contribution in [2.75, 3.05) is 20.2 Å². The minimum atomic E-state index is -3.47. The van der Waals surface area contributed by atoms with Crippen molar-refractivity contribution < 1.29 is 13.2 Å². The van der Waals surface area contributed by atoms with E-state index in [2.05, 4.69) is 15.0 Å². The minimum Gasteiger partial charge on any atom is -0.481 e. The maximum absolute atomic E-state index is 12.0. The van der Waals surface area contributed by atoms with Crippen LogP contribution >= 0.6 is 12.4 Å². The van der Waals surface area contributed by atoms with Gasteiger partial charge in [-0.3, -0.25) is 0 Å². The average molecular weight is 322 g/mol. The van der Waals surface area contributed by atoms with Crippen LogP contribution in [-0.4, -0.2) is 39.6 Å². The number of halogens is 1. The first-order chi connectivity index (χ1) is 9.12. The molecule has 114 valence electrons. The van der Waals surface area contributed by atoms with Crippen molar-refractivity contribution in [3.05, 3.63) is 18.3 Å². The summed E-state index contributed by atoms with van der Waals surface area (Å²) in [5.74, 6) is 0.397. The maximum Gasteiger partial charge on any atom is 0.242 e. The molecule has 0 radical (unpaired) electrons. The molecular weight excluding hydrogens is 302 g/mol. The second-order valence-corrected chi connectivity index (χ2v) is 6.28. The van der Waals surface area contributed by atoms with Crippen molar-refractivity contribution in [1.82, 2.24) is 15.0 Å². The number of nitrogens with one attached hydrogen (secondary N) is 2. The lowest BCUT2D eigenvalue weighted by Crippen LogP contribution is -2.30. The molecule has 0 unspecified atom stereocenters. The van der Waals surface area contributed by atoms with Gasteiger partial charge in [0.1, 0.15) is 4.90 Å². The summed E-state index contributed by atoms with van der Waals surface area (Å²) in [4.78, 5) is 4.06. The minimum absolute atomic E-state index is 0. The van der Waals surface area contributed by atoms with Crippen molar-refractivity contribution in [2.24, 2.45) is 0 Å². The summed E-state index contributed by atoms with van der Waals surface area (Å²) in [6.45, 7) is 1.46. The number of pyridine rings is 1. The molecule has 1 aromatic heterocycles. The van der Waals surface area contributed by atoms with Gasteiger partial charge in [0, 0.05) is 18.7 Å². The molecule has 2 rings (SSSR count). The fourth-order valence-corrected chi connectivity index (χ4v) is 3.09. The van der Waals surface area contributed by atoms with E-state index in [1.165, 1.54) is 31.9 Å². The number of aromatic nitrogens is 1. The van der Waals surface area contributed by atoms with E-state index in [1.54, 1.807) is 0 Å². The van der Waals surface area contributed by atoms with Gasteiger partial charge < -0.3 is 10.1 Å². The van der Waals surface area contributed by atoms with Crippen LogP contribution in [0.25, 0.3) is 0 Å². The van der Waals surface area contributed by atoms with E-state index in [0.717, 1.165) is 19.4 Å². The molecule has 1 saturated heterocycles. The summed E-state index contributed by atoms with van der Waals surface area (Å²) in [6, 6.07) is 3.45. The molecule has 1 fully saturated rings. The van der Waals surface area contributed by atoms with Gasteiger partial charge in [0.05, 0.1) is 13.3 Å². The Morgan fingerprint density at radius 3 is 2.85 bits per heavy atom. The van der Waals surface area contributed by atoms with Gasteiger partial charge in [0.15, 0.2) is 0 Å². The van der Waals surface area contributed by atoms with Gasteiger partial charge in [-0.05, 0) is 31.9 Å². The molecule has 6 nitrogen and oxygen atoms in total. The molecule has 1 aromatic rings. The Bertz CT molecular complexity index is 501. The third-order valence-electron chi connectivity index (χ3n) is 3.18.